The predicted octanol–water partition coefficient (Wildman–Crippen LogP) is 3.63. The van der Waals surface area contributed by atoms with Crippen molar-refractivity contribution in [1.29, 1.82) is 0 Å². The number of alkyl halides is 3. The fraction of sp³-hybridized carbons (Fsp3) is 0.350. The van der Waals surface area contributed by atoms with Crippen LogP contribution in [0.5, 0.6) is 11.5 Å². The molecule has 0 aliphatic heterocycles. The fourth-order valence-electron chi connectivity index (χ4n) is 2.63. The predicted molar refractivity (Wildman–Crippen MR) is 103 cm³/mol. The van der Waals surface area contributed by atoms with Gasteiger partial charge in [-0.15, -0.1) is 0 Å². The average Bonchev–Trinajstić information content (AvgIpc) is 2.69. The molecule has 0 fully saturated rings. The van der Waals surface area contributed by atoms with Crippen molar-refractivity contribution in [3.05, 3.63) is 59.2 Å². The summed E-state index contributed by atoms with van der Waals surface area (Å²) in [5, 5.41) is 6.16. The summed E-state index contributed by atoms with van der Waals surface area (Å²) < 4.78 is 48.9. The maximum absolute atomic E-state index is 12.8. The molecule has 0 aliphatic carbocycles. The van der Waals surface area contributed by atoms with Crippen LogP contribution < -0.4 is 20.1 Å². The van der Waals surface area contributed by atoms with Crippen molar-refractivity contribution in [2.45, 2.75) is 19.1 Å². The lowest BCUT2D eigenvalue weighted by Crippen LogP contribution is -2.37. The van der Waals surface area contributed by atoms with Gasteiger partial charge in [0.2, 0.25) is 0 Å². The number of benzene rings is 2. The number of guanidine groups is 1. The molecule has 152 valence electrons. The second-order valence-corrected chi connectivity index (χ2v) is 5.99. The Kier molecular flexibility index (Phi) is 7.54. The molecule has 0 radical (unpaired) electrons. The topological polar surface area (TPSA) is 54.9 Å². The maximum atomic E-state index is 12.8. The van der Waals surface area contributed by atoms with Crippen LogP contribution in [0.15, 0.2) is 47.5 Å². The number of halogens is 3. The van der Waals surface area contributed by atoms with Crippen LogP contribution in [-0.4, -0.2) is 33.8 Å². The number of rotatable bonds is 7. The van der Waals surface area contributed by atoms with E-state index in [1.54, 1.807) is 27.3 Å². The zero-order chi connectivity index (χ0) is 20.6. The van der Waals surface area contributed by atoms with E-state index in [1.165, 1.54) is 6.07 Å². The van der Waals surface area contributed by atoms with Crippen LogP contribution in [0.4, 0.5) is 13.2 Å². The van der Waals surface area contributed by atoms with Gasteiger partial charge in [-0.2, -0.15) is 13.2 Å². The SMILES string of the molecule is CN=C(NCCc1ccc(OC)c(OC)c1)NCc1cccc(C(F)(F)F)c1. The Bertz CT molecular complexity index is 808. The van der Waals surface area contributed by atoms with Crippen LogP contribution in [0, 0.1) is 0 Å². The third-order valence-electron chi connectivity index (χ3n) is 4.09. The van der Waals surface area contributed by atoms with Gasteiger partial charge in [-0.1, -0.05) is 18.2 Å². The number of methoxy groups -OCH3 is 2. The molecule has 0 amide bonds. The van der Waals surface area contributed by atoms with E-state index in [0.29, 0.717) is 36.0 Å². The van der Waals surface area contributed by atoms with E-state index in [4.69, 9.17) is 9.47 Å². The number of nitrogens with one attached hydrogen (secondary N) is 2. The Balaban J connectivity index is 1.87. The molecule has 2 N–H and O–H groups in total. The van der Waals surface area contributed by atoms with Crippen molar-refractivity contribution >= 4 is 5.96 Å². The van der Waals surface area contributed by atoms with Crippen LogP contribution >= 0.6 is 0 Å². The lowest BCUT2D eigenvalue weighted by atomic mass is 10.1. The number of nitrogens with zero attached hydrogens (tertiary/aromatic N) is 1. The standard InChI is InChI=1S/C20H24F3N3O2/c1-24-19(26-13-15-5-4-6-16(11-15)20(21,22)23)25-10-9-14-7-8-17(27-2)18(12-14)28-3/h4-8,11-12H,9-10,13H2,1-3H3,(H2,24,25,26). The zero-order valence-electron chi connectivity index (χ0n) is 16.1. The summed E-state index contributed by atoms with van der Waals surface area (Å²) in [6.07, 6.45) is -3.64. The second-order valence-electron chi connectivity index (χ2n) is 5.99. The minimum atomic E-state index is -4.35. The van der Waals surface area contributed by atoms with Crippen LogP contribution in [-0.2, 0) is 19.1 Å². The highest BCUT2D eigenvalue weighted by atomic mass is 19.4. The summed E-state index contributed by atoms with van der Waals surface area (Å²) in [7, 11) is 4.77. The van der Waals surface area contributed by atoms with Gasteiger partial charge in [0.1, 0.15) is 0 Å². The molecular weight excluding hydrogens is 371 g/mol. The molecule has 2 aromatic carbocycles. The molecule has 0 atom stereocenters. The monoisotopic (exact) mass is 395 g/mol. The van der Waals surface area contributed by atoms with Gasteiger partial charge in [-0.05, 0) is 41.8 Å². The zero-order valence-corrected chi connectivity index (χ0v) is 16.1. The number of hydrogen-bond acceptors (Lipinski definition) is 3. The molecule has 0 aromatic heterocycles. The van der Waals surface area contributed by atoms with Gasteiger partial charge in [-0.3, -0.25) is 4.99 Å². The molecule has 0 saturated carbocycles. The van der Waals surface area contributed by atoms with Crippen molar-refractivity contribution in [1.82, 2.24) is 10.6 Å². The van der Waals surface area contributed by atoms with Crippen molar-refractivity contribution in [3.63, 3.8) is 0 Å². The summed E-state index contributed by atoms with van der Waals surface area (Å²) >= 11 is 0. The largest absolute Gasteiger partial charge is 0.493 e. The summed E-state index contributed by atoms with van der Waals surface area (Å²) in [6.45, 7) is 0.831. The van der Waals surface area contributed by atoms with Gasteiger partial charge in [0, 0.05) is 20.1 Å². The molecule has 8 heteroatoms. The molecule has 28 heavy (non-hydrogen) atoms. The molecule has 2 rings (SSSR count). The molecule has 0 aliphatic rings. The Hall–Kier alpha value is -2.90. The Morgan fingerprint density at radius 2 is 1.71 bits per heavy atom. The van der Waals surface area contributed by atoms with Crippen LogP contribution in [0.3, 0.4) is 0 Å². The normalized spacial score (nSPS) is 11.9. The first-order chi connectivity index (χ1) is 13.4. The van der Waals surface area contributed by atoms with Gasteiger partial charge in [0.05, 0.1) is 19.8 Å². The van der Waals surface area contributed by atoms with E-state index >= 15 is 0 Å². The molecule has 5 nitrogen and oxygen atoms in total. The van der Waals surface area contributed by atoms with E-state index in [1.807, 2.05) is 18.2 Å². The summed E-state index contributed by atoms with van der Waals surface area (Å²) in [4.78, 5) is 4.09. The third-order valence-corrected chi connectivity index (χ3v) is 4.09. The lowest BCUT2D eigenvalue weighted by molar-refractivity contribution is -0.137. The summed E-state index contributed by atoms with van der Waals surface area (Å²) in [6, 6.07) is 10.9. The molecule has 0 bridgehead atoms. The Labute approximate surface area is 162 Å². The maximum Gasteiger partial charge on any atom is 0.416 e. The number of aliphatic imine (C=N–C) groups is 1. The van der Waals surface area contributed by atoms with Crippen LogP contribution in [0.2, 0.25) is 0 Å². The van der Waals surface area contributed by atoms with E-state index < -0.39 is 11.7 Å². The van der Waals surface area contributed by atoms with Gasteiger partial charge >= 0.3 is 6.18 Å². The highest BCUT2D eigenvalue weighted by Gasteiger charge is 2.30. The van der Waals surface area contributed by atoms with Crippen molar-refractivity contribution in [2.75, 3.05) is 27.8 Å². The van der Waals surface area contributed by atoms with Gasteiger partial charge < -0.3 is 20.1 Å². The third kappa shape index (κ3) is 6.07. The molecular formula is C20H24F3N3O2. The van der Waals surface area contributed by atoms with Gasteiger partial charge in [-0.25, -0.2) is 0 Å². The first-order valence-electron chi connectivity index (χ1n) is 8.69. The van der Waals surface area contributed by atoms with Gasteiger partial charge in [0.15, 0.2) is 17.5 Å². The van der Waals surface area contributed by atoms with Crippen molar-refractivity contribution in [2.24, 2.45) is 4.99 Å². The fourth-order valence-corrected chi connectivity index (χ4v) is 2.63. The van der Waals surface area contributed by atoms with Gasteiger partial charge in [0.25, 0.3) is 0 Å². The number of hydrogen-bond donors (Lipinski definition) is 2. The van der Waals surface area contributed by atoms with E-state index in [-0.39, 0.29) is 6.54 Å². The average molecular weight is 395 g/mol. The van der Waals surface area contributed by atoms with E-state index in [9.17, 15) is 13.2 Å². The summed E-state index contributed by atoms with van der Waals surface area (Å²) in [5.74, 6) is 1.84. The molecule has 0 spiro atoms. The quantitative estimate of drug-likeness (QED) is 0.555. The first kappa shape index (κ1) is 21.4. The van der Waals surface area contributed by atoms with Crippen LogP contribution in [0.1, 0.15) is 16.7 Å². The van der Waals surface area contributed by atoms with E-state index in [0.717, 1.165) is 17.7 Å². The first-order valence-corrected chi connectivity index (χ1v) is 8.69. The van der Waals surface area contributed by atoms with Crippen molar-refractivity contribution < 1.29 is 22.6 Å². The molecule has 2 aromatic rings. The second kappa shape index (κ2) is 9.87. The highest BCUT2D eigenvalue weighted by Crippen LogP contribution is 2.29. The van der Waals surface area contributed by atoms with Crippen molar-refractivity contribution in [3.8, 4) is 11.5 Å². The molecule has 0 saturated heterocycles. The summed E-state index contributed by atoms with van der Waals surface area (Å²) in [5.41, 5.74) is 0.916. The lowest BCUT2D eigenvalue weighted by Gasteiger charge is -2.14. The molecule has 0 unspecified atom stereocenters. The Morgan fingerprint density at radius 3 is 2.36 bits per heavy atom. The smallest absolute Gasteiger partial charge is 0.416 e. The minimum absolute atomic E-state index is 0.236. The highest BCUT2D eigenvalue weighted by molar-refractivity contribution is 5.79. The Morgan fingerprint density at radius 1 is 0.964 bits per heavy atom. The van der Waals surface area contributed by atoms with E-state index in [2.05, 4.69) is 15.6 Å². The number of ether oxygens (including phenoxy) is 2. The minimum Gasteiger partial charge on any atom is -0.493 e. The van der Waals surface area contributed by atoms with Crippen LogP contribution in [0.25, 0.3) is 0 Å². The molecule has 0 heterocycles.